The number of halogens is 5. The predicted octanol–water partition coefficient (Wildman–Crippen LogP) is 6.95. The van der Waals surface area contributed by atoms with Crippen LogP contribution in [0.25, 0.3) is 17.4 Å². The van der Waals surface area contributed by atoms with Crippen molar-refractivity contribution in [3.8, 4) is 11.3 Å². The van der Waals surface area contributed by atoms with Crippen LogP contribution in [0.3, 0.4) is 0 Å². The van der Waals surface area contributed by atoms with Gasteiger partial charge in [0.2, 0.25) is 5.91 Å². The highest BCUT2D eigenvalue weighted by atomic mass is 35.5. The molecule has 0 radical (unpaired) electrons. The van der Waals surface area contributed by atoms with Gasteiger partial charge in [0.15, 0.2) is 0 Å². The molecule has 3 aromatic rings. The second kappa shape index (κ2) is 9.80. The Balaban J connectivity index is 1.46. The van der Waals surface area contributed by atoms with Gasteiger partial charge in [-0.15, -0.1) is 0 Å². The first-order chi connectivity index (χ1) is 16.5. The first-order valence-corrected chi connectivity index (χ1v) is 11.4. The third-order valence-electron chi connectivity index (χ3n) is 4.77. The third-order valence-corrected chi connectivity index (χ3v) is 6.49. The minimum Gasteiger partial charge on any atom is -0.457 e. The zero-order valence-corrected chi connectivity index (χ0v) is 19.7. The van der Waals surface area contributed by atoms with E-state index in [1.54, 1.807) is 30.3 Å². The number of benzene rings is 2. The maximum Gasteiger partial charge on any atom is 0.416 e. The third kappa shape index (κ3) is 5.55. The summed E-state index contributed by atoms with van der Waals surface area (Å²) in [5.74, 6) is -0.917. The molecule has 3 amide bonds. The molecule has 0 spiro atoms. The molecule has 0 bridgehead atoms. The van der Waals surface area contributed by atoms with Crippen LogP contribution in [0.1, 0.15) is 11.3 Å². The zero-order valence-electron chi connectivity index (χ0n) is 17.4. The van der Waals surface area contributed by atoms with Crippen molar-refractivity contribution in [2.45, 2.75) is 6.18 Å². The zero-order chi connectivity index (χ0) is 25.3. The summed E-state index contributed by atoms with van der Waals surface area (Å²) in [5, 5.41) is 2.19. The Morgan fingerprint density at radius 3 is 2.57 bits per heavy atom. The van der Waals surface area contributed by atoms with Crippen molar-refractivity contribution in [3.05, 3.63) is 80.9 Å². The van der Waals surface area contributed by atoms with Gasteiger partial charge in [0.05, 0.1) is 20.5 Å². The molecule has 1 aliphatic rings. The summed E-state index contributed by atoms with van der Waals surface area (Å²) >= 11 is 12.8. The number of thioether (sulfide) groups is 1. The number of furan rings is 1. The Morgan fingerprint density at radius 1 is 1.09 bits per heavy atom. The molecule has 1 aliphatic heterocycles. The lowest BCUT2D eigenvalue weighted by molar-refractivity contribution is -0.137. The number of nitrogens with zero attached hydrogens (tertiary/aromatic N) is 1. The lowest BCUT2D eigenvalue weighted by Gasteiger charge is -2.13. The number of rotatable bonds is 5. The lowest BCUT2D eigenvalue weighted by atomic mass is 10.2. The molecular formula is C23H13Cl2F3N2O4S. The van der Waals surface area contributed by atoms with Gasteiger partial charge in [-0.2, -0.15) is 13.2 Å². The van der Waals surface area contributed by atoms with Crippen molar-refractivity contribution >= 4 is 63.8 Å². The molecule has 12 heteroatoms. The van der Waals surface area contributed by atoms with Gasteiger partial charge >= 0.3 is 6.18 Å². The smallest absolute Gasteiger partial charge is 0.416 e. The quantitative estimate of drug-likeness (QED) is 0.354. The Morgan fingerprint density at radius 2 is 1.83 bits per heavy atom. The monoisotopic (exact) mass is 540 g/mol. The van der Waals surface area contributed by atoms with E-state index in [9.17, 15) is 27.6 Å². The fourth-order valence-corrected chi connectivity index (χ4v) is 4.36. The van der Waals surface area contributed by atoms with Crippen LogP contribution < -0.4 is 5.32 Å². The number of hydrogen-bond acceptors (Lipinski definition) is 5. The van der Waals surface area contributed by atoms with Crippen LogP contribution in [0.15, 0.2) is 63.9 Å². The Hall–Kier alpha value is -3.21. The van der Waals surface area contributed by atoms with Crippen LogP contribution in [0.5, 0.6) is 0 Å². The minimum absolute atomic E-state index is 0.0139. The molecule has 1 fully saturated rings. The van der Waals surface area contributed by atoms with E-state index in [2.05, 4.69) is 5.32 Å². The van der Waals surface area contributed by atoms with Gasteiger partial charge in [-0.25, -0.2) is 0 Å². The molecule has 0 saturated carbocycles. The van der Waals surface area contributed by atoms with Gasteiger partial charge in [0, 0.05) is 17.3 Å². The van der Waals surface area contributed by atoms with E-state index in [0.717, 1.165) is 18.2 Å². The molecule has 2 aromatic carbocycles. The predicted molar refractivity (Wildman–Crippen MR) is 127 cm³/mol. The Kier molecular flexibility index (Phi) is 6.98. The van der Waals surface area contributed by atoms with E-state index < -0.39 is 35.3 Å². The van der Waals surface area contributed by atoms with Crippen LogP contribution in [0.2, 0.25) is 10.0 Å². The van der Waals surface area contributed by atoms with E-state index >= 15 is 0 Å². The molecule has 2 heterocycles. The van der Waals surface area contributed by atoms with Crippen LogP contribution in [0.4, 0.5) is 23.7 Å². The highest BCUT2D eigenvalue weighted by molar-refractivity contribution is 8.18. The number of alkyl halides is 3. The molecule has 1 aromatic heterocycles. The molecule has 0 aliphatic carbocycles. The number of amides is 3. The summed E-state index contributed by atoms with van der Waals surface area (Å²) in [6, 6.07) is 12.2. The Labute approximate surface area is 210 Å². The van der Waals surface area contributed by atoms with Gasteiger partial charge in [0.25, 0.3) is 11.1 Å². The Bertz CT molecular complexity index is 1370. The van der Waals surface area contributed by atoms with Crippen LogP contribution >= 0.6 is 35.0 Å². The standard InChI is InChI=1S/C23H13Cl2F3N2O4S/c24-16-6-2-5-15(20(16)25)17-8-7-14(34-17)10-18-21(32)30(22(33)35-18)11-19(31)29-13-4-1-3-12(9-13)23(26,27)28/h1-10H,11H2,(H,29,31)/b18-10-. The molecule has 4 rings (SSSR count). The highest BCUT2D eigenvalue weighted by Crippen LogP contribution is 2.36. The fraction of sp³-hybridized carbons (Fsp3) is 0.0870. The van der Waals surface area contributed by atoms with E-state index in [-0.39, 0.29) is 16.4 Å². The molecule has 35 heavy (non-hydrogen) atoms. The molecular weight excluding hydrogens is 528 g/mol. The molecule has 1 saturated heterocycles. The number of imide groups is 1. The normalized spacial score (nSPS) is 15.2. The lowest BCUT2D eigenvalue weighted by Crippen LogP contribution is -2.36. The second-order valence-corrected chi connectivity index (χ2v) is 8.98. The van der Waals surface area contributed by atoms with Crippen molar-refractivity contribution < 1.29 is 32.0 Å². The topological polar surface area (TPSA) is 79.6 Å². The number of nitrogens with one attached hydrogen (secondary N) is 1. The van der Waals surface area contributed by atoms with Crippen molar-refractivity contribution in [3.63, 3.8) is 0 Å². The van der Waals surface area contributed by atoms with Crippen LogP contribution in [0, 0.1) is 0 Å². The highest BCUT2D eigenvalue weighted by Gasteiger charge is 2.37. The summed E-state index contributed by atoms with van der Waals surface area (Å²) in [4.78, 5) is 38.0. The number of carbonyl (C=O) groups excluding carboxylic acids is 3. The number of carbonyl (C=O) groups is 3. The van der Waals surface area contributed by atoms with Gasteiger partial charge in [-0.3, -0.25) is 19.3 Å². The van der Waals surface area contributed by atoms with E-state index in [0.29, 0.717) is 38.0 Å². The van der Waals surface area contributed by atoms with Crippen molar-refractivity contribution in [1.29, 1.82) is 0 Å². The molecule has 180 valence electrons. The van der Waals surface area contributed by atoms with Crippen LogP contribution in [-0.2, 0) is 15.8 Å². The number of hydrogen-bond donors (Lipinski definition) is 1. The largest absolute Gasteiger partial charge is 0.457 e. The maximum atomic E-state index is 12.9. The van der Waals surface area contributed by atoms with E-state index in [1.165, 1.54) is 12.1 Å². The average Bonchev–Trinajstić information content (AvgIpc) is 3.35. The minimum atomic E-state index is -4.58. The molecule has 0 unspecified atom stereocenters. The summed E-state index contributed by atoms with van der Waals surface area (Å²) in [7, 11) is 0. The van der Waals surface area contributed by atoms with E-state index in [4.69, 9.17) is 27.6 Å². The van der Waals surface area contributed by atoms with Gasteiger partial charge in [-0.05, 0) is 54.2 Å². The summed E-state index contributed by atoms with van der Waals surface area (Å²) in [5.41, 5.74) is -0.519. The van der Waals surface area contributed by atoms with Crippen molar-refractivity contribution in [2.75, 3.05) is 11.9 Å². The van der Waals surface area contributed by atoms with Gasteiger partial charge < -0.3 is 9.73 Å². The molecule has 0 atom stereocenters. The van der Waals surface area contributed by atoms with Gasteiger partial charge in [-0.1, -0.05) is 35.3 Å². The first-order valence-electron chi connectivity index (χ1n) is 9.79. The van der Waals surface area contributed by atoms with E-state index in [1.807, 2.05) is 0 Å². The molecule has 6 nitrogen and oxygen atoms in total. The van der Waals surface area contributed by atoms with Crippen LogP contribution in [-0.4, -0.2) is 28.5 Å². The average molecular weight is 541 g/mol. The summed E-state index contributed by atoms with van der Waals surface area (Å²) < 4.78 is 44.3. The SMILES string of the molecule is O=C(CN1C(=O)S/C(=C\c2ccc(-c3cccc(Cl)c3Cl)o2)C1=O)Nc1cccc(C(F)(F)F)c1. The summed E-state index contributed by atoms with van der Waals surface area (Å²) in [6.07, 6.45) is -3.24. The molecule has 1 N–H and O–H groups in total. The fourth-order valence-electron chi connectivity index (χ4n) is 3.15. The summed E-state index contributed by atoms with van der Waals surface area (Å²) in [6.45, 7) is -0.667. The van der Waals surface area contributed by atoms with Crippen molar-refractivity contribution in [1.82, 2.24) is 4.90 Å². The van der Waals surface area contributed by atoms with Gasteiger partial charge in [0.1, 0.15) is 18.1 Å². The second-order valence-electron chi connectivity index (χ2n) is 7.20. The number of anilines is 1. The first kappa shape index (κ1) is 24.9. The maximum absolute atomic E-state index is 12.9. The van der Waals surface area contributed by atoms with Crippen molar-refractivity contribution in [2.24, 2.45) is 0 Å².